The minimum atomic E-state index is -0.873. The maximum Gasteiger partial charge on any atom is 0.327 e. The lowest BCUT2D eigenvalue weighted by Crippen LogP contribution is -2.53. The Morgan fingerprint density at radius 2 is 2.33 bits per heavy atom. The fraction of sp³-hybridized carbons (Fsp3) is 0.462. The Hall–Kier alpha value is -0.710. The van der Waals surface area contributed by atoms with Crippen LogP contribution in [0.25, 0.3) is 0 Å². The Kier molecular flexibility index (Phi) is 4.20. The highest BCUT2D eigenvalue weighted by Crippen LogP contribution is 2.41. The van der Waals surface area contributed by atoms with Crippen LogP contribution < -0.4 is 5.73 Å². The summed E-state index contributed by atoms with van der Waals surface area (Å²) in [6.45, 7) is 0. The number of hydrogen-bond donors (Lipinski definition) is 1. The van der Waals surface area contributed by atoms with Crippen molar-refractivity contribution >= 4 is 29.3 Å². The van der Waals surface area contributed by atoms with Gasteiger partial charge < -0.3 is 10.5 Å². The lowest BCUT2D eigenvalue weighted by molar-refractivity contribution is -0.146. The molecule has 1 aliphatic carbocycles. The fourth-order valence-electron chi connectivity index (χ4n) is 1.89. The first kappa shape index (κ1) is 13.7. The highest BCUT2D eigenvalue weighted by molar-refractivity contribution is 7.99. The molecule has 2 rings (SSSR count). The number of thioether (sulfide) groups is 1. The summed E-state index contributed by atoms with van der Waals surface area (Å²) in [6.07, 6.45) is 2.00. The van der Waals surface area contributed by atoms with Crippen LogP contribution in [0.2, 0.25) is 5.02 Å². The van der Waals surface area contributed by atoms with Crippen LogP contribution >= 0.6 is 23.4 Å². The molecule has 1 aromatic carbocycles. The van der Waals surface area contributed by atoms with Crippen molar-refractivity contribution < 1.29 is 9.53 Å². The first-order chi connectivity index (χ1) is 8.56. The average molecular weight is 286 g/mol. The molecule has 0 aromatic heterocycles. The molecule has 18 heavy (non-hydrogen) atoms. The molecular formula is C13H16ClNO2S. The van der Waals surface area contributed by atoms with Gasteiger partial charge in [-0.1, -0.05) is 17.7 Å². The van der Waals surface area contributed by atoms with E-state index in [0.717, 1.165) is 17.7 Å². The van der Waals surface area contributed by atoms with E-state index in [4.69, 9.17) is 22.1 Å². The average Bonchev–Trinajstić information content (AvgIpc) is 3.19. The highest BCUT2D eigenvalue weighted by atomic mass is 35.5. The zero-order chi connectivity index (χ0) is 13.2. The molecule has 0 spiro atoms. The number of nitrogens with two attached hydrogens (primary N) is 1. The van der Waals surface area contributed by atoms with Crippen molar-refractivity contribution in [2.75, 3.05) is 12.9 Å². The molecule has 3 nitrogen and oxygen atoms in total. The molecular weight excluding hydrogens is 270 g/mol. The van der Waals surface area contributed by atoms with Gasteiger partial charge in [-0.25, -0.2) is 0 Å². The van der Waals surface area contributed by atoms with E-state index in [0.29, 0.717) is 10.8 Å². The molecule has 0 heterocycles. The van der Waals surface area contributed by atoms with E-state index >= 15 is 0 Å². The van der Waals surface area contributed by atoms with Gasteiger partial charge in [0.25, 0.3) is 0 Å². The molecule has 1 atom stereocenters. The van der Waals surface area contributed by atoms with Crippen molar-refractivity contribution in [3.05, 3.63) is 29.3 Å². The Morgan fingerprint density at radius 1 is 1.61 bits per heavy atom. The molecule has 1 unspecified atom stereocenters. The largest absolute Gasteiger partial charge is 0.468 e. The van der Waals surface area contributed by atoms with Gasteiger partial charge >= 0.3 is 5.97 Å². The van der Waals surface area contributed by atoms with Gasteiger partial charge in [-0.2, -0.15) is 0 Å². The fourth-order valence-corrected chi connectivity index (χ4v) is 3.29. The lowest BCUT2D eigenvalue weighted by Gasteiger charge is -2.25. The summed E-state index contributed by atoms with van der Waals surface area (Å²) in [5, 5.41) is 0.687. The molecule has 1 saturated carbocycles. The number of benzene rings is 1. The minimum absolute atomic E-state index is 0.247. The lowest BCUT2D eigenvalue weighted by atomic mass is 9.97. The van der Waals surface area contributed by atoms with Gasteiger partial charge in [0.15, 0.2) is 0 Å². The predicted octanol–water partition coefficient (Wildman–Crippen LogP) is 2.71. The summed E-state index contributed by atoms with van der Waals surface area (Å²) in [4.78, 5) is 12.8. The number of ether oxygens (including phenoxy) is 1. The van der Waals surface area contributed by atoms with Crippen LogP contribution in [0.1, 0.15) is 12.8 Å². The smallest absolute Gasteiger partial charge is 0.327 e. The van der Waals surface area contributed by atoms with Crippen molar-refractivity contribution in [1.82, 2.24) is 0 Å². The van der Waals surface area contributed by atoms with Gasteiger partial charge in [-0.05, 0) is 37.0 Å². The number of halogens is 1. The minimum Gasteiger partial charge on any atom is -0.468 e. The summed E-state index contributed by atoms with van der Waals surface area (Å²) in [5.74, 6) is 0.446. The van der Waals surface area contributed by atoms with Crippen molar-refractivity contribution in [2.24, 2.45) is 11.7 Å². The molecule has 5 heteroatoms. The van der Waals surface area contributed by atoms with Crippen molar-refractivity contribution in [3.8, 4) is 0 Å². The second kappa shape index (κ2) is 5.51. The quantitative estimate of drug-likeness (QED) is 0.668. The maximum absolute atomic E-state index is 11.8. The number of carbonyl (C=O) groups excluding carboxylic acids is 1. The summed E-state index contributed by atoms with van der Waals surface area (Å²) in [5.41, 5.74) is 5.34. The van der Waals surface area contributed by atoms with Crippen LogP contribution in [0.15, 0.2) is 29.2 Å². The van der Waals surface area contributed by atoms with E-state index < -0.39 is 5.54 Å². The van der Waals surface area contributed by atoms with Crippen LogP contribution in [0.4, 0.5) is 0 Å². The number of hydrogen-bond acceptors (Lipinski definition) is 4. The molecule has 2 N–H and O–H groups in total. The van der Waals surface area contributed by atoms with Gasteiger partial charge in [0.1, 0.15) is 5.54 Å². The Bertz CT molecular complexity index is 450. The van der Waals surface area contributed by atoms with E-state index in [9.17, 15) is 4.79 Å². The van der Waals surface area contributed by atoms with E-state index in [2.05, 4.69) is 0 Å². The first-order valence-electron chi connectivity index (χ1n) is 5.82. The number of rotatable bonds is 5. The second-order valence-electron chi connectivity index (χ2n) is 4.55. The summed E-state index contributed by atoms with van der Waals surface area (Å²) in [6, 6.07) is 7.54. The van der Waals surface area contributed by atoms with Crippen LogP contribution in [-0.4, -0.2) is 24.4 Å². The zero-order valence-corrected chi connectivity index (χ0v) is 11.8. The highest BCUT2D eigenvalue weighted by Gasteiger charge is 2.48. The van der Waals surface area contributed by atoms with Crippen LogP contribution in [0.3, 0.4) is 0 Å². The summed E-state index contributed by atoms with van der Waals surface area (Å²) in [7, 11) is 1.39. The third-order valence-electron chi connectivity index (χ3n) is 3.15. The molecule has 0 saturated heterocycles. The molecule has 0 aliphatic heterocycles. The summed E-state index contributed by atoms with van der Waals surface area (Å²) >= 11 is 7.47. The van der Waals surface area contributed by atoms with Crippen LogP contribution in [-0.2, 0) is 9.53 Å². The normalized spacial score (nSPS) is 18.2. The van der Waals surface area contributed by atoms with Crippen LogP contribution in [0, 0.1) is 5.92 Å². The molecule has 0 amide bonds. The van der Waals surface area contributed by atoms with E-state index in [-0.39, 0.29) is 11.9 Å². The van der Waals surface area contributed by atoms with Crippen molar-refractivity contribution in [1.29, 1.82) is 0 Å². The third-order valence-corrected chi connectivity index (χ3v) is 4.59. The van der Waals surface area contributed by atoms with Crippen LogP contribution in [0.5, 0.6) is 0 Å². The Morgan fingerprint density at radius 3 is 2.89 bits per heavy atom. The van der Waals surface area contributed by atoms with Crippen molar-refractivity contribution in [2.45, 2.75) is 23.3 Å². The van der Waals surface area contributed by atoms with Gasteiger partial charge in [0.05, 0.1) is 7.11 Å². The van der Waals surface area contributed by atoms with E-state index in [1.165, 1.54) is 7.11 Å². The van der Waals surface area contributed by atoms with E-state index in [1.807, 2.05) is 24.3 Å². The standard InChI is InChI=1S/C13H16ClNO2S/c1-17-12(16)13(15,9-5-6-9)8-18-11-4-2-3-10(14)7-11/h2-4,7,9H,5-6,8,15H2,1H3. The van der Waals surface area contributed by atoms with Gasteiger partial charge in [-0.3, -0.25) is 4.79 Å². The molecule has 1 aliphatic rings. The number of carbonyl (C=O) groups is 1. The van der Waals surface area contributed by atoms with Gasteiger partial charge in [0.2, 0.25) is 0 Å². The number of esters is 1. The van der Waals surface area contributed by atoms with Crippen molar-refractivity contribution in [3.63, 3.8) is 0 Å². The SMILES string of the molecule is COC(=O)C(N)(CSc1cccc(Cl)c1)C1CC1. The van der Waals surface area contributed by atoms with E-state index in [1.54, 1.807) is 11.8 Å². The Balaban J connectivity index is 2.04. The monoisotopic (exact) mass is 285 g/mol. The molecule has 0 bridgehead atoms. The second-order valence-corrected chi connectivity index (χ2v) is 6.04. The maximum atomic E-state index is 11.8. The predicted molar refractivity (Wildman–Crippen MR) is 73.8 cm³/mol. The Labute approximate surface area is 116 Å². The topological polar surface area (TPSA) is 52.3 Å². The molecule has 98 valence electrons. The molecule has 0 radical (unpaired) electrons. The zero-order valence-electron chi connectivity index (χ0n) is 10.2. The molecule has 1 fully saturated rings. The van der Waals surface area contributed by atoms with Gasteiger partial charge in [-0.15, -0.1) is 11.8 Å². The third kappa shape index (κ3) is 2.99. The number of methoxy groups -OCH3 is 1. The van der Waals surface area contributed by atoms with Gasteiger partial charge in [0, 0.05) is 15.7 Å². The molecule has 1 aromatic rings. The summed E-state index contributed by atoms with van der Waals surface area (Å²) < 4.78 is 4.83. The first-order valence-corrected chi connectivity index (χ1v) is 7.18.